The van der Waals surface area contributed by atoms with E-state index in [1.807, 2.05) is 20.8 Å². The Morgan fingerprint density at radius 3 is 2.03 bits per heavy atom. The lowest BCUT2D eigenvalue weighted by Gasteiger charge is -2.30. The monoisotopic (exact) mass is 469 g/mol. The molecule has 6 atom stereocenters. The number of carbonyl (C=O) groups is 3. The zero-order valence-corrected chi connectivity index (χ0v) is 19.0. The van der Waals surface area contributed by atoms with Crippen molar-refractivity contribution in [2.24, 2.45) is 11.7 Å². The average molecular weight is 470 g/mol. The Hall–Kier alpha value is -2.57. The molecule has 33 heavy (non-hydrogen) atoms. The lowest BCUT2D eigenvalue weighted by atomic mass is 9.98. The zero-order valence-electron chi connectivity index (χ0n) is 19.0. The smallest absolute Gasteiger partial charge is 0.326 e. The lowest BCUT2D eigenvalue weighted by molar-refractivity contribution is -0.149. The molecule has 11 nitrogen and oxygen atoms in total. The Morgan fingerprint density at radius 2 is 1.55 bits per heavy atom. The maximum Gasteiger partial charge on any atom is 0.326 e. The molecule has 9 N–H and O–H groups in total. The quantitative estimate of drug-likeness (QED) is 0.161. The van der Waals surface area contributed by atoms with Crippen LogP contribution in [0.25, 0.3) is 0 Å². The second-order valence-corrected chi connectivity index (χ2v) is 8.55. The number of rotatable bonds is 13. The van der Waals surface area contributed by atoms with Crippen LogP contribution in [0, 0.1) is 12.8 Å². The minimum atomic E-state index is -2.23. The number of carboxylic acid groups (broad SMARTS) is 1. The van der Waals surface area contributed by atoms with Crippen molar-refractivity contribution in [3.63, 3.8) is 0 Å². The fraction of sp³-hybridized carbons (Fsp3) is 0.591. The molecular formula is C22H35N3O8. The number of aliphatic carboxylic acids is 1. The van der Waals surface area contributed by atoms with Crippen LogP contribution in [0.5, 0.6) is 0 Å². The zero-order chi connectivity index (χ0) is 25.3. The van der Waals surface area contributed by atoms with Gasteiger partial charge in [0.25, 0.3) is 5.91 Å². The van der Waals surface area contributed by atoms with Gasteiger partial charge in [-0.25, -0.2) is 4.79 Å². The van der Waals surface area contributed by atoms with Gasteiger partial charge in [0.15, 0.2) is 6.10 Å². The maximum atomic E-state index is 12.3. The number of nitrogens with one attached hydrogen (secondary N) is 2. The van der Waals surface area contributed by atoms with E-state index in [1.54, 1.807) is 24.3 Å². The number of carbonyl (C=O) groups excluding carboxylic acids is 2. The molecule has 0 bridgehead atoms. The molecule has 11 heteroatoms. The molecule has 0 aliphatic carbocycles. The predicted octanol–water partition coefficient (Wildman–Crippen LogP) is -1.96. The summed E-state index contributed by atoms with van der Waals surface area (Å²) in [5.41, 5.74) is 7.35. The largest absolute Gasteiger partial charge is 0.480 e. The molecule has 0 fully saturated rings. The summed E-state index contributed by atoms with van der Waals surface area (Å²) >= 11 is 0. The molecule has 1 aromatic rings. The number of amides is 2. The number of hydrogen-bond donors (Lipinski definition) is 8. The fourth-order valence-electron chi connectivity index (χ4n) is 3.14. The second-order valence-electron chi connectivity index (χ2n) is 8.55. The number of hydrogen-bond acceptors (Lipinski definition) is 8. The highest BCUT2D eigenvalue weighted by atomic mass is 16.4. The molecule has 0 aliphatic heterocycles. The molecule has 1 aromatic carbocycles. The van der Waals surface area contributed by atoms with Gasteiger partial charge in [-0.3, -0.25) is 9.59 Å². The highest BCUT2D eigenvalue weighted by Gasteiger charge is 2.37. The van der Waals surface area contributed by atoms with Crippen LogP contribution in [0.3, 0.4) is 0 Å². The molecule has 0 spiro atoms. The highest BCUT2D eigenvalue weighted by molar-refractivity contribution is 5.87. The summed E-state index contributed by atoms with van der Waals surface area (Å²) < 4.78 is 0. The first-order chi connectivity index (χ1) is 15.4. The molecule has 0 aliphatic rings. The first-order valence-electron chi connectivity index (χ1n) is 10.7. The summed E-state index contributed by atoms with van der Waals surface area (Å²) in [6.45, 7) is 4.77. The van der Waals surface area contributed by atoms with Crippen molar-refractivity contribution in [3.05, 3.63) is 35.4 Å². The molecule has 0 unspecified atom stereocenters. The van der Waals surface area contributed by atoms with Crippen LogP contribution < -0.4 is 16.4 Å². The van der Waals surface area contributed by atoms with E-state index in [-0.39, 0.29) is 12.3 Å². The molecular weight excluding hydrogens is 434 g/mol. The summed E-state index contributed by atoms with van der Waals surface area (Å²) in [6.07, 6.45) is -6.03. The minimum Gasteiger partial charge on any atom is -0.480 e. The minimum absolute atomic E-state index is 0.0736. The van der Waals surface area contributed by atoms with Gasteiger partial charge in [-0.1, -0.05) is 43.7 Å². The SMILES string of the molecule is Cc1ccc(C[C@@H](NC(=O)[C@@H](O)[C@H](O)[C@H](O)[C@H](CO)NC(=O)[C@@H](N)CC(C)C)C(=O)O)cc1. The van der Waals surface area contributed by atoms with Gasteiger partial charge in [0.2, 0.25) is 5.91 Å². The molecule has 1 rings (SSSR count). The predicted molar refractivity (Wildman–Crippen MR) is 119 cm³/mol. The third-order valence-corrected chi connectivity index (χ3v) is 5.12. The van der Waals surface area contributed by atoms with E-state index in [2.05, 4.69) is 10.6 Å². The number of nitrogens with two attached hydrogens (primary N) is 1. The number of aliphatic hydroxyl groups excluding tert-OH is 4. The van der Waals surface area contributed by atoms with Gasteiger partial charge in [-0.05, 0) is 24.8 Å². The molecule has 0 radical (unpaired) electrons. The lowest BCUT2D eigenvalue weighted by Crippen LogP contribution is -2.59. The van der Waals surface area contributed by atoms with Gasteiger partial charge in [-0.2, -0.15) is 0 Å². The van der Waals surface area contributed by atoms with Crippen LogP contribution in [-0.4, -0.2) is 86.4 Å². The van der Waals surface area contributed by atoms with Gasteiger partial charge >= 0.3 is 5.97 Å². The van der Waals surface area contributed by atoms with E-state index >= 15 is 0 Å². The summed E-state index contributed by atoms with van der Waals surface area (Å²) in [7, 11) is 0. The molecule has 186 valence electrons. The van der Waals surface area contributed by atoms with E-state index in [0.29, 0.717) is 12.0 Å². The van der Waals surface area contributed by atoms with Crippen molar-refractivity contribution in [1.29, 1.82) is 0 Å². The average Bonchev–Trinajstić information content (AvgIpc) is 2.75. The number of aliphatic hydroxyl groups is 4. The first kappa shape index (κ1) is 28.5. The topological polar surface area (TPSA) is 202 Å². The van der Waals surface area contributed by atoms with Gasteiger partial charge in [0, 0.05) is 6.42 Å². The molecule has 2 amide bonds. The summed E-state index contributed by atoms with van der Waals surface area (Å²) in [5.74, 6) is -3.16. The Morgan fingerprint density at radius 1 is 0.970 bits per heavy atom. The Bertz CT molecular complexity index is 786. The van der Waals surface area contributed by atoms with Crippen molar-refractivity contribution < 1.29 is 39.9 Å². The van der Waals surface area contributed by atoms with Crippen LogP contribution >= 0.6 is 0 Å². The number of aryl methyl sites for hydroxylation is 1. The number of benzene rings is 1. The van der Waals surface area contributed by atoms with Crippen molar-refractivity contribution in [3.8, 4) is 0 Å². The summed E-state index contributed by atoms with van der Waals surface area (Å²) in [4.78, 5) is 36.0. The third-order valence-electron chi connectivity index (χ3n) is 5.12. The van der Waals surface area contributed by atoms with E-state index in [1.165, 1.54) is 0 Å². The van der Waals surface area contributed by atoms with E-state index in [9.17, 15) is 39.9 Å². The second kappa shape index (κ2) is 13.2. The molecule has 0 saturated carbocycles. The number of carboxylic acids is 1. The summed E-state index contributed by atoms with van der Waals surface area (Å²) in [6, 6.07) is 3.21. The van der Waals surface area contributed by atoms with Crippen LogP contribution in [0.2, 0.25) is 0 Å². The van der Waals surface area contributed by atoms with Crippen LogP contribution in [0.1, 0.15) is 31.4 Å². The Labute approximate surface area is 192 Å². The standard InChI is InChI=1S/C22H35N3O8/c1-11(2)8-14(23)20(30)25-16(10-26)17(27)18(28)19(29)21(31)24-15(22(32)33)9-13-6-4-12(3)5-7-13/h4-7,11,14-19,26-29H,8-10,23H2,1-3H3,(H,24,31)(H,25,30)(H,32,33)/t14-,15+,16-,17+,18+,19-/m0/s1. The normalized spacial score (nSPS) is 16.9. The molecule has 0 aromatic heterocycles. The van der Waals surface area contributed by atoms with Crippen molar-refractivity contribution in [2.75, 3.05) is 6.61 Å². The van der Waals surface area contributed by atoms with Gasteiger partial charge < -0.3 is 41.9 Å². The maximum absolute atomic E-state index is 12.3. The van der Waals surface area contributed by atoms with Crippen LogP contribution in [0.15, 0.2) is 24.3 Å². The van der Waals surface area contributed by atoms with Gasteiger partial charge in [0.05, 0.1) is 18.7 Å². The molecule has 0 saturated heterocycles. The summed E-state index contributed by atoms with van der Waals surface area (Å²) in [5, 5.41) is 54.0. The van der Waals surface area contributed by atoms with Crippen molar-refractivity contribution in [2.45, 2.75) is 70.1 Å². The Kier molecular flexibility index (Phi) is 11.4. The highest BCUT2D eigenvalue weighted by Crippen LogP contribution is 2.10. The first-order valence-corrected chi connectivity index (χ1v) is 10.7. The van der Waals surface area contributed by atoms with Crippen molar-refractivity contribution in [1.82, 2.24) is 10.6 Å². The van der Waals surface area contributed by atoms with E-state index < -0.39 is 60.8 Å². The van der Waals surface area contributed by atoms with Crippen LogP contribution in [0.4, 0.5) is 0 Å². The van der Waals surface area contributed by atoms with Crippen molar-refractivity contribution >= 4 is 17.8 Å². The van der Waals surface area contributed by atoms with Gasteiger partial charge in [-0.15, -0.1) is 0 Å². The third kappa shape index (κ3) is 9.06. The fourth-order valence-corrected chi connectivity index (χ4v) is 3.14. The molecule has 0 heterocycles. The van der Waals surface area contributed by atoms with Gasteiger partial charge in [0.1, 0.15) is 18.2 Å². The van der Waals surface area contributed by atoms with Crippen LogP contribution in [-0.2, 0) is 20.8 Å². The van der Waals surface area contributed by atoms with E-state index in [4.69, 9.17) is 5.73 Å². The van der Waals surface area contributed by atoms with E-state index in [0.717, 1.165) is 5.56 Å². The Balaban J connectivity index is 2.78.